The van der Waals surface area contributed by atoms with Crippen molar-refractivity contribution in [2.24, 2.45) is 0 Å². The number of hydrogen-bond donors (Lipinski definition) is 3. The highest BCUT2D eigenvalue weighted by atomic mass is 16.4. The number of likely N-dealkylation sites (tertiary alicyclic amines) is 1. The van der Waals surface area contributed by atoms with E-state index in [2.05, 4.69) is 5.32 Å². The SMILES string of the molecule is CC1C(=O)NCCN1C(=O)N1CC(O)C[C@H]1C(=O)O. The normalized spacial score (nSPS) is 31.3. The zero-order chi connectivity index (χ0) is 14.2. The highest BCUT2D eigenvalue weighted by molar-refractivity contribution is 5.90. The van der Waals surface area contributed by atoms with Gasteiger partial charge in [0.1, 0.15) is 12.1 Å². The van der Waals surface area contributed by atoms with Gasteiger partial charge in [0, 0.05) is 26.1 Å². The van der Waals surface area contributed by atoms with Crippen molar-refractivity contribution in [2.45, 2.75) is 31.5 Å². The third-order valence-corrected chi connectivity index (χ3v) is 3.55. The van der Waals surface area contributed by atoms with Gasteiger partial charge in [0.05, 0.1) is 6.10 Å². The molecule has 2 unspecified atom stereocenters. The van der Waals surface area contributed by atoms with E-state index in [1.54, 1.807) is 6.92 Å². The number of nitrogens with zero attached hydrogens (tertiary/aromatic N) is 2. The van der Waals surface area contributed by atoms with Gasteiger partial charge in [-0.05, 0) is 6.92 Å². The van der Waals surface area contributed by atoms with Crippen LogP contribution in [0.25, 0.3) is 0 Å². The summed E-state index contributed by atoms with van der Waals surface area (Å²) in [5.74, 6) is -1.40. The van der Waals surface area contributed by atoms with Crippen LogP contribution >= 0.6 is 0 Å². The van der Waals surface area contributed by atoms with Crippen molar-refractivity contribution in [3.63, 3.8) is 0 Å². The molecule has 3 atom stereocenters. The number of carbonyl (C=O) groups is 3. The number of rotatable bonds is 1. The molecule has 3 amide bonds. The van der Waals surface area contributed by atoms with E-state index in [-0.39, 0.29) is 18.9 Å². The molecule has 0 radical (unpaired) electrons. The lowest BCUT2D eigenvalue weighted by molar-refractivity contribution is -0.141. The van der Waals surface area contributed by atoms with E-state index in [0.717, 1.165) is 4.90 Å². The predicted octanol–water partition coefficient (Wildman–Crippen LogP) is -1.55. The summed E-state index contributed by atoms with van der Waals surface area (Å²) in [6.07, 6.45) is -0.811. The first-order valence-corrected chi connectivity index (χ1v) is 6.17. The first kappa shape index (κ1) is 13.6. The van der Waals surface area contributed by atoms with Gasteiger partial charge in [-0.25, -0.2) is 9.59 Å². The molecule has 3 N–H and O–H groups in total. The number of hydrogen-bond acceptors (Lipinski definition) is 4. The van der Waals surface area contributed by atoms with Crippen molar-refractivity contribution in [3.05, 3.63) is 0 Å². The number of piperazine rings is 1. The smallest absolute Gasteiger partial charge is 0.326 e. The molecular weight excluding hydrogens is 254 g/mol. The predicted molar refractivity (Wildman–Crippen MR) is 63.3 cm³/mol. The zero-order valence-electron chi connectivity index (χ0n) is 10.6. The first-order chi connectivity index (χ1) is 8.91. The van der Waals surface area contributed by atoms with Gasteiger partial charge in [-0.3, -0.25) is 4.79 Å². The third-order valence-electron chi connectivity index (χ3n) is 3.55. The van der Waals surface area contributed by atoms with Crippen molar-refractivity contribution in [2.75, 3.05) is 19.6 Å². The number of aliphatic carboxylic acids is 1. The number of urea groups is 1. The summed E-state index contributed by atoms with van der Waals surface area (Å²) in [6, 6.07) is -2.17. The minimum atomic E-state index is -1.14. The molecule has 2 rings (SSSR count). The van der Waals surface area contributed by atoms with Crippen molar-refractivity contribution in [1.82, 2.24) is 15.1 Å². The van der Waals surface area contributed by atoms with Crippen LogP contribution in [-0.2, 0) is 9.59 Å². The van der Waals surface area contributed by atoms with Crippen LogP contribution in [0.5, 0.6) is 0 Å². The Kier molecular flexibility index (Phi) is 3.61. The molecule has 2 fully saturated rings. The Labute approximate surface area is 110 Å². The Balaban J connectivity index is 2.14. The Morgan fingerprint density at radius 3 is 2.68 bits per heavy atom. The maximum absolute atomic E-state index is 12.3. The molecule has 0 spiro atoms. The summed E-state index contributed by atoms with van der Waals surface area (Å²) >= 11 is 0. The fourth-order valence-corrected chi connectivity index (χ4v) is 2.47. The second kappa shape index (κ2) is 5.04. The molecular formula is C11H17N3O5. The number of carboxylic acid groups (broad SMARTS) is 1. The average Bonchev–Trinajstić information content (AvgIpc) is 2.74. The van der Waals surface area contributed by atoms with Gasteiger partial charge < -0.3 is 25.3 Å². The molecule has 0 aromatic heterocycles. The van der Waals surface area contributed by atoms with E-state index >= 15 is 0 Å². The van der Waals surface area contributed by atoms with Crippen molar-refractivity contribution in [1.29, 1.82) is 0 Å². The Bertz CT molecular complexity index is 413. The van der Waals surface area contributed by atoms with E-state index in [1.807, 2.05) is 0 Å². The van der Waals surface area contributed by atoms with Gasteiger partial charge >= 0.3 is 12.0 Å². The van der Waals surface area contributed by atoms with Crippen LogP contribution in [0.4, 0.5) is 4.79 Å². The molecule has 2 saturated heterocycles. The Morgan fingerprint density at radius 2 is 2.05 bits per heavy atom. The molecule has 8 nitrogen and oxygen atoms in total. The van der Waals surface area contributed by atoms with Gasteiger partial charge in [-0.2, -0.15) is 0 Å². The standard InChI is InChI=1S/C11H17N3O5/c1-6-9(16)12-2-3-13(6)11(19)14-5-7(15)4-8(14)10(17)18/h6-8,15H,2-5H2,1H3,(H,12,16)(H,17,18)/t6?,7?,8-/m0/s1. The molecule has 0 aliphatic carbocycles. The molecule has 0 bridgehead atoms. The van der Waals surface area contributed by atoms with Crippen molar-refractivity contribution < 1.29 is 24.6 Å². The fraction of sp³-hybridized carbons (Fsp3) is 0.727. The van der Waals surface area contributed by atoms with E-state index in [9.17, 15) is 19.5 Å². The lowest BCUT2D eigenvalue weighted by Crippen LogP contribution is -2.60. The van der Waals surface area contributed by atoms with E-state index in [1.165, 1.54) is 4.90 Å². The second-order valence-corrected chi connectivity index (χ2v) is 4.84. The first-order valence-electron chi connectivity index (χ1n) is 6.17. The zero-order valence-corrected chi connectivity index (χ0v) is 10.6. The number of amides is 3. The molecule has 2 aliphatic rings. The van der Waals surface area contributed by atoms with Crippen LogP contribution < -0.4 is 5.32 Å². The van der Waals surface area contributed by atoms with Crippen LogP contribution in [0.1, 0.15) is 13.3 Å². The molecule has 0 aromatic carbocycles. The van der Waals surface area contributed by atoms with Crippen molar-refractivity contribution >= 4 is 17.9 Å². The molecule has 2 aliphatic heterocycles. The topological polar surface area (TPSA) is 110 Å². The Morgan fingerprint density at radius 1 is 1.37 bits per heavy atom. The number of carboxylic acids is 1. The molecule has 0 saturated carbocycles. The van der Waals surface area contributed by atoms with Crippen LogP contribution in [0, 0.1) is 0 Å². The van der Waals surface area contributed by atoms with Gasteiger partial charge in [-0.15, -0.1) is 0 Å². The van der Waals surface area contributed by atoms with Crippen LogP contribution in [-0.4, -0.2) is 75.7 Å². The maximum atomic E-state index is 12.3. The second-order valence-electron chi connectivity index (χ2n) is 4.84. The van der Waals surface area contributed by atoms with Gasteiger partial charge in [0.15, 0.2) is 0 Å². The molecule has 8 heteroatoms. The number of β-amino-alcohol motifs (C(OH)–C–C–N with tert-alkyl or cyclic N) is 1. The largest absolute Gasteiger partial charge is 0.480 e. The molecule has 2 heterocycles. The summed E-state index contributed by atoms with van der Waals surface area (Å²) < 4.78 is 0. The number of aliphatic hydroxyl groups excluding tert-OH is 1. The summed E-state index contributed by atoms with van der Waals surface area (Å²) in [5, 5.41) is 21.2. The van der Waals surface area contributed by atoms with Crippen LogP contribution in [0.2, 0.25) is 0 Å². The van der Waals surface area contributed by atoms with Crippen LogP contribution in [0.3, 0.4) is 0 Å². The summed E-state index contributed by atoms with van der Waals surface area (Å²) in [6.45, 7) is 2.27. The molecule has 106 valence electrons. The quantitative estimate of drug-likeness (QED) is 0.534. The van der Waals surface area contributed by atoms with Gasteiger partial charge in [0.25, 0.3) is 0 Å². The minimum Gasteiger partial charge on any atom is -0.480 e. The maximum Gasteiger partial charge on any atom is 0.326 e. The third kappa shape index (κ3) is 2.48. The van der Waals surface area contributed by atoms with E-state index in [4.69, 9.17) is 5.11 Å². The highest BCUT2D eigenvalue weighted by Crippen LogP contribution is 2.21. The van der Waals surface area contributed by atoms with Gasteiger partial charge in [0.2, 0.25) is 5.91 Å². The van der Waals surface area contributed by atoms with E-state index < -0.39 is 30.2 Å². The summed E-state index contributed by atoms with van der Waals surface area (Å²) in [4.78, 5) is 37.4. The number of nitrogens with one attached hydrogen (secondary N) is 1. The average molecular weight is 271 g/mol. The lowest BCUT2D eigenvalue weighted by atomic mass is 10.2. The highest BCUT2D eigenvalue weighted by Gasteiger charge is 2.42. The lowest BCUT2D eigenvalue weighted by Gasteiger charge is -2.36. The monoisotopic (exact) mass is 271 g/mol. The minimum absolute atomic E-state index is 0.0133. The van der Waals surface area contributed by atoms with Crippen molar-refractivity contribution in [3.8, 4) is 0 Å². The van der Waals surface area contributed by atoms with E-state index in [0.29, 0.717) is 13.1 Å². The van der Waals surface area contributed by atoms with Gasteiger partial charge in [-0.1, -0.05) is 0 Å². The molecule has 19 heavy (non-hydrogen) atoms. The summed E-state index contributed by atoms with van der Waals surface area (Å²) in [5.41, 5.74) is 0. The fourth-order valence-electron chi connectivity index (χ4n) is 2.47. The Hall–Kier alpha value is -1.83. The number of aliphatic hydroxyl groups is 1. The number of carbonyl (C=O) groups excluding carboxylic acids is 2. The summed E-state index contributed by atoms with van der Waals surface area (Å²) in [7, 11) is 0. The van der Waals surface area contributed by atoms with Crippen LogP contribution in [0.15, 0.2) is 0 Å². The molecule has 0 aromatic rings.